The average Bonchev–Trinajstić information content (AvgIpc) is 2.96. The van der Waals surface area contributed by atoms with Gasteiger partial charge in [0, 0.05) is 11.4 Å². The van der Waals surface area contributed by atoms with E-state index in [2.05, 4.69) is 41.7 Å². The van der Waals surface area contributed by atoms with Crippen LogP contribution in [0.1, 0.15) is 49.0 Å². The lowest BCUT2D eigenvalue weighted by atomic mass is 10.1. The maximum atomic E-state index is 5.81. The zero-order valence-electron chi connectivity index (χ0n) is 13.1. The van der Waals surface area contributed by atoms with Gasteiger partial charge >= 0.3 is 0 Å². The van der Waals surface area contributed by atoms with Gasteiger partial charge in [0.1, 0.15) is 12.4 Å². The number of nitrogens with one attached hydrogen (secondary N) is 1. The van der Waals surface area contributed by atoms with Gasteiger partial charge in [0.05, 0.1) is 10.7 Å². The highest BCUT2D eigenvalue weighted by Gasteiger charge is 2.07. The minimum absolute atomic E-state index is 0.411. The molecule has 1 aromatic heterocycles. The van der Waals surface area contributed by atoms with E-state index in [1.54, 1.807) is 11.3 Å². The van der Waals surface area contributed by atoms with Crippen molar-refractivity contribution in [3.05, 3.63) is 45.9 Å². The van der Waals surface area contributed by atoms with Gasteiger partial charge in [0.15, 0.2) is 0 Å². The van der Waals surface area contributed by atoms with Gasteiger partial charge in [-0.05, 0) is 44.0 Å². The standard InChI is InChI=1S/C17H24N2OS/c1-4-6-17-19-14(12-21-17)11-20-15-9-7-13(8-10-15)16(5-2)18-3/h7-10,12,16,18H,4-6,11H2,1-3H3. The molecular formula is C17H24N2OS. The number of aromatic nitrogens is 1. The summed E-state index contributed by atoms with van der Waals surface area (Å²) in [6.07, 6.45) is 3.27. The van der Waals surface area contributed by atoms with E-state index in [4.69, 9.17) is 4.74 Å². The van der Waals surface area contributed by atoms with Crippen LogP contribution in [0.15, 0.2) is 29.6 Å². The fourth-order valence-electron chi connectivity index (χ4n) is 2.30. The maximum Gasteiger partial charge on any atom is 0.131 e. The van der Waals surface area contributed by atoms with Gasteiger partial charge in [-0.15, -0.1) is 11.3 Å². The molecule has 0 aliphatic rings. The molecule has 0 radical (unpaired) electrons. The van der Waals surface area contributed by atoms with Gasteiger partial charge in [-0.1, -0.05) is 26.0 Å². The number of thiazole rings is 1. The number of benzene rings is 1. The summed E-state index contributed by atoms with van der Waals surface area (Å²) in [5.74, 6) is 0.898. The monoisotopic (exact) mass is 304 g/mol. The fraction of sp³-hybridized carbons (Fsp3) is 0.471. The van der Waals surface area contributed by atoms with E-state index < -0.39 is 0 Å². The molecule has 0 amide bonds. The van der Waals surface area contributed by atoms with Gasteiger partial charge in [-0.2, -0.15) is 0 Å². The van der Waals surface area contributed by atoms with Gasteiger partial charge in [0.25, 0.3) is 0 Å². The number of nitrogens with zero attached hydrogens (tertiary/aromatic N) is 1. The van der Waals surface area contributed by atoms with Crippen molar-refractivity contribution in [1.29, 1.82) is 0 Å². The first-order valence-corrected chi connectivity index (χ1v) is 8.48. The molecule has 1 aromatic carbocycles. The van der Waals surface area contributed by atoms with Crippen LogP contribution in [0.2, 0.25) is 0 Å². The summed E-state index contributed by atoms with van der Waals surface area (Å²) < 4.78 is 5.81. The molecule has 2 aromatic rings. The number of hydrogen-bond acceptors (Lipinski definition) is 4. The Hall–Kier alpha value is -1.39. The van der Waals surface area contributed by atoms with Crippen LogP contribution in [-0.4, -0.2) is 12.0 Å². The molecular weight excluding hydrogens is 280 g/mol. The van der Waals surface area contributed by atoms with Gasteiger partial charge in [0.2, 0.25) is 0 Å². The van der Waals surface area contributed by atoms with E-state index in [0.29, 0.717) is 12.6 Å². The molecule has 2 rings (SSSR count). The van der Waals surface area contributed by atoms with Crippen molar-refractivity contribution < 1.29 is 4.74 Å². The summed E-state index contributed by atoms with van der Waals surface area (Å²) in [5, 5.41) is 6.60. The van der Waals surface area contributed by atoms with Crippen molar-refractivity contribution in [3.8, 4) is 5.75 Å². The Morgan fingerprint density at radius 2 is 2.00 bits per heavy atom. The molecule has 0 bridgehead atoms. The van der Waals surface area contributed by atoms with Crippen LogP contribution >= 0.6 is 11.3 Å². The first-order chi connectivity index (χ1) is 10.3. The highest BCUT2D eigenvalue weighted by atomic mass is 32.1. The molecule has 114 valence electrons. The molecule has 0 aliphatic heterocycles. The van der Waals surface area contributed by atoms with E-state index in [9.17, 15) is 0 Å². The Labute approximate surface area is 131 Å². The Bertz CT molecular complexity index is 532. The van der Waals surface area contributed by atoms with Gasteiger partial charge < -0.3 is 10.1 Å². The molecule has 21 heavy (non-hydrogen) atoms. The van der Waals surface area contributed by atoms with Crippen LogP contribution in [0.3, 0.4) is 0 Å². The van der Waals surface area contributed by atoms with Crippen molar-refractivity contribution >= 4 is 11.3 Å². The van der Waals surface area contributed by atoms with Crippen molar-refractivity contribution in [2.45, 2.75) is 45.8 Å². The van der Waals surface area contributed by atoms with Crippen LogP contribution in [0.25, 0.3) is 0 Å². The second-order valence-corrected chi connectivity index (χ2v) is 6.03. The Morgan fingerprint density at radius 3 is 2.62 bits per heavy atom. The molecule has 1 atom stereocenters. The number of hydrogen-bond donors (Lipinski definition) is 1. The van der Waals surface area contributed by atoms with E-state index in [-0.39, 0.29) is 0 Å². The molecule has 0 saturated carbocycles. The highest BCUT2D eigenvalue weighted by molar-refractivity contribution is 7.09. The zero-order chi connectivity index (χ0) is 15.1. The van der Waals surface area contributed by atoms with Crippen LogP contribution in [0, 0.1) is 0 Å². The second kappa shape index (κ2) is 8.15. The van der Waals surface area contributed by atoms with Gasteiger partial charge in [-0.3, -0.25) is 0 Å². The Kier molecular flexibility index (Phi) is 6.21. The SMILES string of the molecule is CCCc1nc(COc2ccc(C(CC)NC)cc2)cs1. The Morgan fingerprint density at radius 1 is 1.24 bits per heavy atom. The average molecular weight is 304 g/mol. The minimum atomic E-state index is 0.411. The summed E-state index contributed by atoms with van der Waals surface area (Å²) in [6.45, 7) is 4.90. The molecule has 0 spiro atoms. The minimum Gasteiger partial charge on any atom is -0.487 e. The molecule has 1 N–H and O–H groups in total. The largest absolute Gasteiger partial charge is 0.487 e. The lowest BCUT2D eigenvalue weighted by Crippen LogP contribution is -2.14. The predicted molar refractivity (Wildman–Crippen MR) is 89.0 cm³/mol. The first kappa shape index (κ1) is 16.0. The summed E-state index contributed by atoms with van der Waals surface area (Å²) in [5.41, 5.74) is 2.32. The lowest BCUT2D eigenvalue weighted by Gasteiger charge is -2.14. The summed E-state index contributed by atoms with van der Waals surface area (Å²) >= 11 is 1.72. The third kappa shape index (κ3) is 4.55. The smallest absolute Gasteiger partial charge is 0.131 e. The highest BCUT2D eigenvalue weighted by Crippen LogP contribution is 2.21. The van der Waals surface area contributed by atoms with Gasteiger partial charge in [-0.25, -0.2) is 4.98 Å². The van der Waals surface area contributed by atoms with Crippen LogP contribution in [0.5, 0.6) is 5.75 Å². The summed E-state index contributed by atoms with van der Waals surface area (Å²) in [6, 6.07) is 8.74. The quantitative estimate of drug-likeness (QED) is 0.787. The summed E-state index contributed by atoms with van der Waals surface area (Å²) in [7, 11) is 1.99. The topological polar surface area (TPSA) is 34.1 Å². The number of aryl methyl sites for hydroxylation is 1. The van der Waals surface area contributed by atoms with Crippen molar-refractivity contribution in [2.75, 3.05) is 7.05 Å². The molecule has 0 saturated heterocycles. The molecule has 3 nitrogen and oxygen atoms in total. The van der Waals surface area contributed by atoms with E-state index in [1.807, 2.05) is 19.2 Å². The van der Waals surface area contributed by atoms with Crippen LogP contribution in [-0.2, 0) is 13.0 Å². The van der Waals surface area contributed by atoms with Crippen LogP contribution in [0.4, 0.5) is 0 Å². The predicted octanol–water partition coefficient (Wildman–Crippen LogP) is 4.35. The van der Waals surface area contributed by atoms with E-state index in [1.165, 1.54) is 10.6 Å². The maximum absolute atomic E-state index is 5.81. The lowest BCUT2D eigenvalue weighted by molar-refractivity contribution is 0.301. The second-order valence-electron chi connectivity index (χ2n) is 5.09. The van der Waals surface area contributed by atoms with E-state index in [0.717, 1.165) is 30.7 Å². The first-order valence-electron chi connectivity index (χ1n) is 7.60. The number of rotatable bonds is 8. The third-order valence-electron chi connectivity index (χ3n) is 3.49. The van der Waals surface area contributed by atoms with E-state index >= 15 is 0 Å². The van der Waals surface area contributed by atoms with Crippen molar-refractivity contribution in [1.82, 2.24) is 10.3 Å². The molecule has 1 heterocycles. The normalized spacial score (nSPS) is 12.3. The zero-order valence-corrected chi connectivity index (χ0v) is 13.9. The fourth-order valence-corrected chi connectivity index (χ4v) is 3.19. The van der Waals surface area contributed by atoms with Crippen molar-refractivity contribution in [3.63, 3.8) is 0 Å². The number of ether oxygens (including phenoxy) is 1. The molecule has 1 unspecified atom stereocenters. The molecule has 0 aliphatic carbocycles. The Balaban J connectivity index is 1.90. The van der Waals surface area contributed by atoms with Crippen molar-refractivity contribution in [2.24, 2.45) is 0 Å². The van der Waals surface area contributed by atoms with Crippen LogP contribution < -0.4 is 10.1 Å². The summed E-state index contributed by atoms with van der Waals surface area (Å²) in [4.78, 5) is 4.57. The molecule has 4 heteroatoms. The molecule has 0 fully saturated rings. The third-order valence-corrected chi connectivity index (χ3v) is 4.45.